The highest BCUT2D eigenvalue weighted by Gasteiger charge is 2.19. The van der Waals surface area contributed by atoms with Gasteiger partial charge in [0, 0.05) is 11.6 Å². The van der Waals surface area contributed by atoms with E-state index in [1.54, 1.807) is 25.1 Å². The molecule has 126 valence electrons. The van der Waals surface area contributed by atoms with Crippen molar-refractivity contribution in [1.82, 2.24) is 5.32 Å². The molecule has 2 aromatic carbocycles. The summed E-state index contributed by atoms with van der Waals surface area (Å²) in [5.41, 5.74) is 1.07. The third kappa shape index (κ3) is 3.65. The van der Waals surface area contributed by atoms with Gasteiger partial charge in [-0.05, 0) is 49.2 Å². The Labute approximate surface area is 139 Å². The molecule has 3 rings (SSSR count). The number of carbonyl (C=O) groups excluding carboxylic acids is 1. The fourth-order valence-corrected chi connectivity index (χ4v) is 2.56. The molecule has 1 amide bonds. The van der Waals surface area contributed by atoms with E-state index in [4.69, 9.17) is 9.47 Å². The molecule has 2 aromatic rings. The summed E-state index contributed by atoms with van der Waals surface area (Å²) >= 11 is 0. The van der Waals surface area contributed by atoms with Crippen molar-refractivity contribution in [1.29, 1.82) is 0 Å². The zero-order valence-corrected chi connectivity index (χ0v) is 13.2. The van der Waals surface area contributed by atoms with E-state index >= 15 is 0 Å². The van der Waals surface area contributed by atoms with Crippen LogP contribution in [0.3, 0.4) is 0 Å². The second-order valence-corrected chi connectivity index (χ2v) is 5.75. The summed E-state index contributed by atoms with van der Waals surface area (Å²) < 4.78 is 23.4. The summed E-state index contributed by atoms with van der Waals surface area (Å²) in [5, 5.41) is 13.0. The molecule has 0 unspecified atom stereocenters. The average Bonchev–Trinajstić information content (AvgIpc) is 3.02. The van der Waals surface area contributed by atoms with Crippen molar-refractivity contribution in [2.45, 2.75) is 25.5 Å². The normalized spacial score (nSPS) is 15.0. The number of benzene rings is 2. The molecule has 0 spiro atoms. The fraction of sp³-hybridized carbons (Fsp3) is 0.278. The second kappa shape index (κ2) is 6.88. The molecule has 0 radical (unpaired) electrons. The largest absolute Gasteiger partial charge is 0.454 e. The molecule has 5 nitrogen and oxygen atoms in total. The lowest BCUT2D eigenvalue weighted by molar-refractivity contribution is 0.0916. The van der Waals surface area contributed by atoms with Gasteiger partial charge in [-0.3, -0.25) is 4.79 Å². The highest BCUT2D eigenvalue weighted by molar-refractivity contribution is 5.95. The van der Waals surface area contributed by atoms with Crippen molar-refractivity contribution in [3.8, 4) is 11.5 Å². The molecule has 2 N–H and O–H groups in total. The maximum absolute atomic E-state index is 12.9. The Morgan fingerprint density at radius 1 is 1.21 bits per heavy atom. The average molecular weight is 331 g/mol. The lowest BCUT2D eigenvalue weighted by Gasteiger charge is -2.18. The van der Waals surface area contributed by atoms with Crippen molar-refractivity contribution in [2.75, 3.05) is 6.79 Å². The second-order valence-electron chi connectivity index (χ2n) is 5.75. The molecule has 0 saturated carbocycles. The fourth-order valence-electron chi connectivity index (χ4n) is 2.56. The number of halogens is 1. The predicted octanol–water partition coefficient (Wildman–Crippen LogP) is 2.80. The number of amides is 1. The summed E-state index contributed by atoms with van der Waals surface area (Å²) in [6.07, 6.45) is -0.459. The van der Waals surface area contributed by atoms with Gasteiger partial charge in [0.25, 0.3) is 5.91 Å². The molecule has 1 aliphatic rings. The van der Waals surface area contributed by atoms with Gasteiger partial charge >= 0.3 is 0 Å². The van der Waals surface area contributed by atoms with E-state index in [0.717, 1.165) is 0 Å². The smallest absolute Gasteiger partial charge is 0.251 e. The number of hydrogen-bond donors (Lipinski definition) is 2. The van der Waals surface area contributed by atoms with Crippen LogP contribution in [0.5, 0.6) is 11.5 Å². The van der Waals surface area contributed by atoms with Gasteiger partial charge in [0.2, 0.25) is 6.79 Å². The minimum atomic E-state index is -0.780. The van der Waals surface area contributed by atoms with E-state index in [1.165, 1.54) is 24.3 Å². The quantitative estimate of drug-likeness (QED) is 0.884. The van der Waals surface area contributed by atoms with Crippen LogP contribution in [0.15, 0.2) is 42.5 Å². The van der Waals surface area contributed by atoms with Crippen molar-refractivity contribution in [3.05, 3.63) is 59.4 Å². The molecule has 2 atom stereocenters. The minimum Gasteiger partial charge on any atom is -0.454 e. The van der Waals surface area contributed by atoms with Crippen molar-refractivity contribution in [2.24, 2.45) is 0 Å². The third-order valence-electron chi connectivity index (χ3n) is 3.84. The minimum absolute atomic E-state index is 0.153. The van der Waals surface area contributed by atoms with Gasteiger partial charge in [-0.2, -0.15) is 0 Å². The molecular weight excluding hydrogens is 313 g/mol. The van der Waals surface area contributed by atoms with Crippen LogP contribution in [0, 0.1) is 5.82 Å². The topological polar surface area (TPSA) is 67.8 Å². The maximum atomic E-state index is 12.9. The van der Waals surface area contributed by atoms with Crippen LogP contribution in [0.4, 0.5) is 4.39 Å². The van der Waals surface area contributed by atoms with Crippen LogP contribution < -0.4 is 14.8 Å². The van der Waals surface area contributed by atoms with Crippen LogP contribution in [0.25, 0.3) is 0 Å². The van der Waals surface area contributed by atoms with E-state index in [2.05, 4.69) is 5.32 Å². The first-order chi connectivity index (χ1) is 11.5. The van der Waals surface area contributed by atoms with E-state index in [-0.39, 0.29) is 24.6 Å². The van der Waals surface area contributed by atoms with Crippen LogP contribution >= 0.6 is 0 Å². The zero-order valence-electron chi connectivity index (χ0n) is 13.2. The predicted molar refractivity (Wildman–Crippen MR) is 85.5 cm³/mol. The Morgan fingerprint density at radius 2 is 1.92 bits per heavy atom. The van der Waals surface area contributed by atoms with Crippen molar-refractivity contribution < 1.29 is 23.8 Å². The SMILES string of the molecule is C[C@@H](C[C@H](O)c1ccc(F)cc1)NC(=O)c1ccc2c(c1)OCO2. The Balaban J connectivity index is 1.58. The molecule has 0 fully saturated rings. The number of rotatable bonds is 5. The Kier molecular flexibility index (Phi) is 4.66. The standard InChI is InChI=1S/C18H18FNO4/c1-11(8-15(21)12-2-5-14(19)6-3-12)20-18(22)13-4-7-16-17(9-13)24-10-23-16/h2-7,9,11,15,21H,8,10H2,1H3,(H,20,22)/t11-,15-/m0/s1. The molecular formula is C18H18FNO4. The summed E-state index contributed by atoms with van der Waals surface area (Å²) in [6.45, 7) is 1.96. The van der Waals surface area contributed by atoms with Gasteiger partial charge in [0.05, 0.1) is 6.10 Å². The van der Waals surface area contributed by atoms with E-state index in [9.17, 15) is 14.3 Å². The molecule has 1 heterocycles. The van der Waals surface area contributed by atoms with E-state index in [1.807, 2.05) is 0 Å². The monoisotopic (exact) mass is 331 g/mol. The molecule has 0 aromatic heterocycles. The first kappa shape index (κ1) is 16.3. The van der Waals surface area contributed by atoms with Crippen molar-refractivity contribution >= 4 is 5.91 Å². The summed E-state index contributed by atoms with van der Waals surface area (Å²) in [7, 11) is 0. The van der Waals surface area contributed by atoms with Crippen LogP contribution in [0.2, 0.25) is 0 Å². The van der Waals surface area contributed by atoms with Gasteiger partial charge < -0.3 is 19.9 Å². The van der Waals surface area contributed by atoms with Crippen LogP contribution in [-0.4, -0.2) is 23.8 Å². The van der Waals surface area contributed by atoms with Crippen molar-refractivity contribution in [3.63, 3.8) is 0 Å². The molecule has 0 aliphatic carbocycles. The van der Waals surface area contributed by atoms with Gasteiger partial charge in [-0.15, -0.1) is 0 Å². The molecule has 6 heteroatoms. The van der Waals surface area contributed by atoms with Gasteiger partial charge in [-0.25, -0.2) is 4.39 Å². The number of fused-ring (bicyclic) bond motifs is 1. The van der Waals surface area contributed by atoms with Gasteiger partial charge in [-0.1, -0.05) is 12.1 Å². The van der Waals surface area contributed by atoms with Crippen LogP contribution in [-0.2, 0) is 0 Å². The summed E-state index contributed by atoms with van der Waals surface area (Å²) in [5.74, 6) is 0.551. The Bertz CT molecular complexity index is 732. The first-order valence-electron chi connectivity index (χ1n) is 7.67. The lowest BCUT2D eigenvalue weighted by Crippen LogP contribution is -2.33. The molecule has 1 aliphatic heterocycles. The molecule has 0 bridgehead atoms. The maximum Gasteiger partial charge on any atom is 0.251 e. The lowest BCUT2D eigenvalue weighted by atomic mass is 10.0. The van der Waals surface area contributed by atoms with Gasteiger partial charge in [0.15, 0.2) is 11.5 Å². The third-order valence-corrected chi connectivity index (χ3v) is 3.84. The number of carbonyl (C=O) groups is 1. The zero-order chi connectivity index (χ0) is 17.1. The van der Waals surface area contributed by atoms with E-state index < -0.39 is 6.10 Å². The molecule has 0 saturated heterocycles. The number of nitrogens with one attached hydrogen (secondary N) is 1. The first-order valence-corrected chi connectivity index (χ1v) is 7.67. The highest BCUT2D eigenvalue weighted by Crippen LogP contribution is 2.32. The Morgan fingerprint density at radius 3 is 2.67 bits per heavy atom. The number of ether oxygens (including phenoxy) is 2. The van der Waals surface area contributed by atoms with Crippen LogP contribution in [0.1, 0.15) is 35.4 Å². The summed E-state index contributed by atoms with van der Waals surface area (Å²) in [6, 6.07) is 10.4. The van der Waals surface area contributed by atoms with Gasteiger partial charge in [0.1, 0.15) is 5.82 Å². The highest BCUT2D eigenvalue weighted by atomic mass is 19.1. The number of hydrogen-bond acceptors (Lipinski definition) is 4. The summed E-state index contributed by atoms with van der Waals surface area (Å²) in [4.78, 5) is 12.3. The number of aliphatic hydroxyl groups is 1. The number of aliphatic hydroxyl groups excluding tert-OH is 1. The molecule has 24 heavy (non-hydrogen) atoms. The Hall–Kier alpha value is -2.60. The van der Waals surface area contributed by atoms with E-state index in [0.29, 0.717) is 29.0 Å².